The fourth-order valence-electron chi connectivity index (χ4n) is 1.72. The lowest BCUT2D eigenvalue weighted by Crippen LogP contribution is -2.51. The van der Waals surface area contributed by atoms with E-state index in [1.807, 2.05) is 0 Å². The van der Waals surface area contributed by atoms with Crippen molar-refractivity contribution in [3.8, 4) is 0 Å². The van der Waals surface area contributed by atoms with Crippen molar-refractivity contribution in [2.75, 3.05) is 0 Å². The predicted molar refractivity (Wildman–Crippen MR) is 61.1 cm³/mol. The molecule has 6 nitrogen and oxygen atoms in total. The lowest BCUT2D eigenvalue weighted by atomic mass is 9.84. The summed E-state index contributed by atoms with van der Waals surface area (Å²) in [5, 5.41) is 37.3. The number of rotatable bonds is 4. The first kappa shape index (κ1) is 14.1. The van der Waals surface area contributed by atoms with Crippen molar-refractivity contribution in [1.29, 1.82) is 0 Å². The maximum Gasteiger partial charge on any atom is 0.343 e. The number of hydrogen-bond donors (Lipinski definition) is 4. The molecule has 4 N–H and O–H groups in total. The third-order valence-electron chi connectivity index (χ3n) is 2.97. The molecule has 0 fully saturated rings. The van der Waals surface area contributed by atoms with Crippen molar-refractivity contribution in [2.24, 2.45) is 0 Å². The summed E-state index contributed by atoms with van der Waals surface area (Å²) in [6, 6.07) is 4.46. The number of aliphatic hydroxyl groups excluding tert-OH is 1. The Morgan fingerprint density at radius 3 is 2.22 bits per heavy atom. The minimum Gasteiger partial charge on any atom is -0.479 e. The molecule has 0 bridgehead atoms. The van der Waals surface area contributed by atoms with E-state index in [1.165, 1.54) is 12.1 Å². The van der Waals surface area contributed by atoms with Gasteiger partial charge in [0.05, 0.1) is 0 Å². The average Bonchev–Trinajstić information content (AvgIpc) is 2.30. The number of carboxylic acid groups (broad SMARTS) is 2. The monoisotopic (exact) mass is 254 g/mol. The van der Waals surface area contributed by atoms with Gasteiger partial charge in [-0.15, -0.1) is 0 Å². The van der Waals surface area contributed by atoms with Crippen LogP contribution in [0.1, 0.15) is 16.7 Å². The van der Waals surface area contributed by atoms with Crippen LogP contribution in [0.4, 0.5) is 0 Å². The highest BCUT2D eigenvalue weighted by Crippen LogP contribution is 2.30. The van der Waals surface area contributed by atoms with E-state index in [-0.39, 0.29) is 5.56 Å². The van der Waals surface area contributed by atoms with Crippen LogP contribution in [-0.4, -0.2) is 38.5 Å². The molecule has 1 rings (SSSR count). The molecule has 18 heavy (non-hydrogen) atoms. The second kappa shape index (κ2) is 4.75. The second-order valence-corrected chi connectivity index (χ2v) is 4.06. The van der Waals surface area contributed by atoms with Crippen molar-refractivity contribution in [1.82, 2.24) is 0 Å². The molecule has 1 aromatic rings. The van der Waals surface area contributed by atoms with Gasteiger partial charge in [-0.3, -0.25) is 0 Å². The maximum absolute atomic E-state index is 11.2. The third kappa shape index (κ3) is 2.07. The summed E-state index contributed by atoms with van der Waals surface area (Å²) in [5.41, 5.74) is -1.90. The fraction of sp³-hybridized carbons (Fsp3) is 0.333. The number of aryl methyl sites for hydroxylation is 1. The number of benzene rings is 1. The van der Waals surface area contributed by atoms with Gasteiger partial charge in [0, 0.05) is 5.56 Å². The molecule has 0 spiro atoms. The molecular formula is C12H14O6. The molecule has 0 aliphatic carbocycles. The summed E-state index contributed by atoms with van der Waals surface area (Å²) in [6.07, 6.45) is -2.45. The molecule has 0 aliphatic rings. The third-order valence-corrected chi connectivity index (χ3v) is 2.97. The number of carbonyl (C=O) groups is 2. The SMILES string of the molecule is Cc1cccc([C@@](O)(C(=O)O)[C@H](O)C(=O)O)c1C. The standard InChI is InChI=1S/C12H14O6/c1-6-4-3-5-8(7(6)2)12(18,11(16)17)9(13)10(14)15/h3-5,9,13,18H,1-2H3,(H,14,15)(H,16,17)/t9-,12+/m1/s1. The van der Waals surface area contributed by atoms with Gasteiger partial charge in [-0.25, -0.2) is 9.59 Å². The minimum absolute atomic E-state index is 0.134. The lowest BCUT2D eigenvalue weighted by Gasteiger charge is -2.28. The first-order chi connectivity index (χ1) is 8.22. The Hall–Kier alpha value is -1.92. The topological polar surface area (TPSA) is 115 Å². The Kier molecular flexibility index (Phi) is 3.73. The summed E-state index contributed by atoms with van der Waals surface area (Å²) in [7, 11) is 0. The van der Waals surface area contributed by atoms with Crippen molar-refractivity contribution in [3.63, 3.8) is 0 Å². The molecule has 1 aromatic carbocycles. The van der Waals surface area contributed by atoms with Crippen LogP contribution in [0.2, 0.25) is 0 Å². The average molecular weight is 254 g/mol. The smallest absolute Gasteiger partial charge is 0.343 e. The van der Waals surface area contributed by atoms with Crippen LogP contribution in [0.15, 0.2) is 18.2 Å². The molecule has 0 saturated carbocycles. The highest BCUT2D eigenvalue weighted by atomic mass is 16.4. The van der Waals surface area contributed by atoms with Crippen LogP contribution in [-0.2, 0) is 15.2 Å². The summed E-state index contributed by atoms with van der Waals surface area (Å²) in [4.78, 5) is 21.9. The van der Waals surface area contributed by atoms with Crippen LogP contribution in [0.3, 0.4) is 0 Å². The minimum atomic E-state index is -2.87. The Bertz CT molecular complexity index is 495. The zero-order valence-electron chi connectivity index (χ0n) is 9.91. The van der Waals surface area contributed by atoms with Gasteiger partial charge in [0.15, 0.2) is 6.10 Å². The molecular weight excluding hydrogens is 240 g/mol. The predicted octanol–water partition coefficient (Wildman–Crippen LogP) is 0.0211. The summed E-state index contributed by atoms with van der Waals surface area (Å²) in [6.45, 7) is 3.24. The largest absolute Gasteiger partial charge is 0.479 e. The van der Waals surface area contributed by atoms with Crippen molar-refractivity contribution >= 4 is 11.9 Å². The van der Waals surface area contributed by atoms with Crippen LogP contribution in [0.25, 0.3) is 0 Å². The number of aliphatic carboxylic acids is 2. The van der Waals surface area contributed by atoms with Gasteiger partial charge in [-0.05, 0) is 25.0 Å². The summed E-state index contributed by atoms with van der Waals surface area (Å²) in [5.74, 6) is -3.62. The molecule has 0 unspecified atom stereocenters. The van der Waals surface area contributed by atoms with E-state index in [9.17, 15) is 19.8 Å². The van der Waals surface area contributed by atoms with E-state index in [1.54, 1.807) is 19.9 Å². The quantitative estimate of drug-likeness (QED) is 0.602. The van der Waals surface area contributed by atoms with E-state index in [0.717, 1.165) is 0 Å². The Morgan fingerprint density at radius 1 is 1.22 bits per heavy atom. The molecule has 6 heteroatoms. The van der Waals surface area contributed by atoms with Gasteiger partial charge in [-0.1, -0.05) is 18.2 Å². The van der Waals surface area contributed by atoms with Gasteiger partial charge in [0.1, 0.15) is 0 Å². The van der Waals surface area contributed by atoms with E-state index >= 15 is 0 Å². The van der Waals surface area contributed by atoms with Gasteiger partial charge < -0.3 is 20.4 Å². The zero-order valence-corrected chi connectivity index (χ0v) is 9.91. The van der Waals surface area contributed by atoms with Gasteiger partial charge >= 0.3 is 11.9 Å². The zero-order chi connectivity index (χ0) is 14.1. The number of aliphatic hydroxyl groups is 2. The van der Waals surface area contributed by atoms with Crippen molar-refractivity contribution in [2.45, 2.75) is 25.6 Å². The van der Waals surface area contributed by atoms with Crippen LogP contribution in [0.5, 0.6) is 0 Å². The van der Waals surface area contributed by atoms with Gasteiger partial charge in [0.2, 0.25) is 5.60 Å². The first-order valence-electron chi connectivity index (χ1n) is 5.16. The van der Waals surface area contributed by atoms with E-state index in [0.29, 0.717) is 11.1 Å². The molecule has 2 atom stereocenters. The molecule has 0 amide bonds. The highest BCUT2D eigenvalue weighted by molar-refractivity contribution is 5.88. The number of hydrogen-bond acceptors (Lipinski definition) is 4. The van der Waals surface area contributed by atoms with Crippen molar-refractivity contribution < 1.29 is 30.0 Å². The van der Waals surface area contributed by atoms with Crippen LogP contribution < -0.4 is 0 Å². The summed E-state index contributed by atoms with van der Waals surface area (Å²) < 4.78 is 0. The highest BCUT2D eigenvalue weighted by Gasteiger charge is 2.50. The number of carboxylic acids is 2. The molecule has 0 heterocycles. The first-order valence-corrected chi connectivity index (χ1v) is 5.16. The Morgan fingerprint density at radius 2 is 1.78 bits per heavy atom. The molecule has 0 aliphatic heterocycles. The normalized spacial score (nSPS) is 15.8. The fourth-order valence-corrected chi connectivity index (χ4v) is 1.72. The van der Waals surface area contributed by atoms with Crippen molar-refractivity contribution in [3.05, 3.63) is 34.9 Å². The van der Waals surface area contributed by atoms with E-state index in [4.69, 9.17) is 10.2 Å². The maximum atomic E-state index is 11.2. The van der Waals surface area contributed by atoms with E-state index in [2.05, 4.69) is 0 Å². The molecule has 0 saturated heterocycles. The molecule has 98 valence electrons. The van der Waals surface area contributed by atoms with Gasteiger partial charge in [-0.2, -0.15) is 0 Å². The van der Waals surface area contributed by atoms with E-state index < -0.39 is 23.6 Å². The van der Waals surface area contributed by atoms with Gasteiger partial charge in [0.25, 0.3) is 0 Å². The van der Waals surface area contributed by atoms with Crippen LogP contribution in [0, 0.1) is 13.8 Å². The Labute approximate surface area is 103 Å². The summed E-state index contributed by atoms with van der Waals surface area (Å²) >= 11 is 0. The van der Waals surface area contributed by atoms with Crippen LogP contribution >= 0.6 is 0 Å². The second-order valence-electron chi connectivity index (χ2n) is 4.06. The lowest BCUT2D eigenvalue weighted by molar-refractivity contribution is -0.185. The Balaban J connectivity index is 3.51. The molecule has 0 aromatic heterocycles. The molecule has 0 radical (unpaired) electrons.